The number of nitrogens with zero attached hydrogens (tertiary/aromatic N) is 2. The highest BCUT2D eigenvalue weighted by Gasteiger charge is 2.22. The molecule has 1 heterocycles. The van der Waals surface area contributed by atoms with Gasteiger partial charge in [0.2, 0.25) is 0 Å². The summed E-state index contributed by atoms with van der Waals surface area (Å²) in [5, 5.41) is 0. The molecule has 2 N–H and O–H groups in total. The van der Waals surface area contributed by atoms with Gasteiger partial charge in [0.1, 0.15) is 17.5 Å². The predicted octanol–water partition coefficient (Wildman–Crippen LogP) is 3.15. The lowest BCUT2D eigenvalue weighted by Gasteiger charge is -2.12. The molecule has 1 aromatic heterocycles. The normalized spacial score (nSPS) is 10.7. The van der Waals surface area contributed by atoms with Crippen LogP contribution in [0.3, 0.4) is 0 Å². The summed E-state index contributed by atoms with van der Waals surface area (Å²) in [6.45, 7) is 5.45. The minimum Gasteiger partial charge on any atom is -0.461 e. The first-order chi connectivity index (χ1) is 9.86. The molecule has 7 heteroatoms. The van der Waals surface area contributed by atoms with Gasteiger partial charge in [0.05, 0.1) is 16.8 Å². The highest BCUT2D eigenvalue weighted by Crippen LogP contribution is 2.27. The minimum atomic E-state index is -0.591. The van der Waals surface area contributed by atoms with Gasteiger partial charge in [-0.2, -0.15) is 0 Å². The van der Waals surface area contributed by atoms with Crippen molar-refractivity contribution in [1.29, 1.82) is 0 Å². The van der Waals surface area contributed by atoms with Crippen LogP contribution in [0.15, 0.2) is 16.6 Å². The number of benzene rings is 1. The molecule has 0 atom stereocenters. The maximum atomic E-state index is 13.8. The summed E-state index contributed by atoms with van der Waals surface area (Å²) in [5.74, 6) is -0.385. The first-order valence-electron chi connectivity index (χ1n) is 6.34. The van der Waals surface area contributed by atoms with Gasteiger partial charge in [0, 0.05) is 0 Å². The van der Waals surface area contributed by atoms with Crippen molar-refractivity contribution >= 4 is 27.7 Å². The lowest BCUT2D eigenvalue weighted by Crippen LogP contribution is -2.10. The van der Waals surface area contributed by atoms with Gasteiger partial charge in [-0.1, -0.05) is 0 Å². The predicted molar refractivity (Wildman–Crippen MR) is 81.1 cm³/mol. The molecule has 0 radical (unpaired) electrons. The molecule has 5 nitrogen and oxygen atoms in total. The molecule has 2 aromatic rings. The second kappa shape index (κ2) is 5.85. The molecule has 2 rings (SSSR count). The van der Waals surface area contributed by atoms with Crippen molar-refractivity contribution in [3.8, 4) is 5.69 Å². The van der Waals surface area contributed by atoms with E-state index in [4.69, 9.17) is 10.5 Å². The van der Waals surface area contributed by atoms with Crippen molar-refractivity contribution in [3.05, 3.63) is 39.5 Å². The van der Waals surface area contributed by atoms with Crippen LogP contribution in [-0.4, -0.2) is 22.1 Å². The van der Waals surface area contributed by atoms with Gasteiger partial charge in [-0.3, -0.25) is 4.57 Å². The van der Waals surface area contributed by atoms with Crippen molar-refractivity contribution in [3.63, 3.8) is 0 Å². The van der Waals surface area contributed by atoms with Gasteiger partial charge < -0.3 is 10.5 Å². The number of nitrogens with two attached hydrogens (primary N) is 1. The number of aryl methyl sites for hydroxylation is 2. The number of carbonyl (C=O) groups is 1. The highest BCUT2D eigenvalue weighted by molar-refractivity contribution is 9.10. The van der Waals surface area contributed by atoms with Crippen molar-refractivity contribution < 1.29 is 13.9 Å². The fourth-order valence-electron chi connectivity index (χ4n) is 2.08. The van der Waals surface area contributed by atoms with Gasteiger partial charge in [-0.05, 0) is 54.4 Å². The van der Waals surface area contributed by atoms with Crippen LogP contribution in [0, 0.1) is 19.7 Å². The summed E-state index contributed by atoms with van der Waals surface area (Å²) in [4.78, 5) is 15.9. The summed E-state index contributed by atoms with van der Waals surface area (Å²) in [6.07, 6.45) is 0. The molecule has 0 aliphatic rings. The lowest BCUT2D eigenvalue weighted by atomic mass is 10.2. The van der Waals surface area contributed by atoms with E-state index >= 15 is 0 Å². The third-order valence-electron chi connectivity index (χ3n) is 3.03. The molecule has 1 aromatic carbocycles. The number of carbonyl (C=O) groups excluding carboxylic acids is 1. The van der Waals surface area contributed by atoms with Crippen molar-refractivity contribution in [2.45, 2.75) is 20.8 Å². The van der Waals surface area contributed by atoms with E-state index in [9.17, 15) is 9.18 Å². The van der Waals surface area contributed by atoms with E-state index < -0.39 is 11.8 Å². The summed E-state index contributed by atoms with van der Waals surface area (Å²) in [7, 11) is 0. The quantitative estimate of drug-likeness (QED) is 0.858. The molecule has 112 valence electrons. The van der Waals surface area contributed by atoms with Crippen LogP contribution >= 0.6 is 15.9 Å². The Labute approximate surface area is 130 Å². The maximum Gasteiger partial charge on any atom is 0.360 e. The van der Waals surface area contributed by atoms with E-state index in [0.29, 0.717) is 16.0 Å². The SMILES string of the molecule is CCOC(=O)c1nc(C)n(-c2cc(F)c(Br)cc2C)c1N. The summed E-state index contributed by atoms with van der Waals surface area (Å²) >= 11 is 3.13. The fraction of sp³-hybridized carbons (Fsp3) is 0.286. The van der Waals surface area contributed by atoms with Crippen LogP contribution in [0.5, 0.6) is 0 Å². The highest BCUT2D eigenvalue weighted by atomic mass is 79.9. The summed E-state index contributed by atoms with van der Waals surface area (Å²) in [6, 6.07) is 2.99. The second-order valence-corrected chi connectivity index (χ2v) is 5.36. The number of rotatable bonds is 3. The van der Waals surface area contributed by atoms with Crippen LogP contribution in [0.2, 0.25) is 0 Å². The average molecular weight is 356 g/mol. The molecule has 0 unspecified atom stereocenters. The smallest absolute Gasteiger partial charge is 0.360 e. The van der Waals surface area contributed by atoms with Crippen molar-refractivity contribution in [2.75, 3.05) is 12.3 Å². The molecule has 0 fully saturated rings. The Morgan fingerprint density at radius 3 is 2.76 bits per heavy atom. The number of anilines is 1. The fourth-order valence-corrected chi connectivity index (χ4v) is 2.54. The molecule has 0 aliphatic carbocycles. The number of nitrogen functional groups attached to an aromatic ring is 1. The topological polar surface area (TPSA) is 70.1 Å². The van der Waals surface area contributed by atoms with Crippen LogP contribution in [-0.2, 0) is 4.74 Å². The second-order valence-electron chi connectivity index (χ2n) is 4.50. The van der Waals surface area contributed by atoms with E-state index in [1.54, 1.807) is 19.9 Å². The number of aromatic nitrogens is 2. The van der Waals surface area contributed by atoms with Crippen molar-refractivity contribution in [1.82, 2.24) is 9.55 Å². The molecule has 0 aliphatic heterocycles. The van der Waals surface area contributed by atoms with Gasteiger partial charge >= 0.3 is 5.97 Å². The maximum absolute atomic E-state index is 13.8. The van der Waals surface area contributed by atoms with E-state index in [-0.39, 0.29) is 18.1 Å². The molecular weight excluding hydrogens is 341 g/mol. The Morgan fingerprint density at radius 2 is 2.14 bits per heavy atom. The first kappa shape index (κ1) is 15.5. The average Bonchev–Trinajstić information content (AvgIpc) is 2.70. The first-order valence-corrected chi connectivity index (χ1v) is 7.14. The zero-order chi connectivity index (χ0) is 15.7. The molecular formula is C14H15BrFN3O2. The van der Waals surface area contributed by atoms with Crippen LogP contribution in [0.1, 0.15) is 28.8 Å². The lowest BCUT2D eigenvalue weighted by molar-refractivity contribution is 0.0521. The van der Waals surface area contributed by atoms with Gasteiger partial charge in [-0.15, -0.1) is 0 Å². The Bertz CT molecular complexity index is 713. The zero-order valence-corrected chi connectivity index (χ0v) is 13.5. The summed E-state index contributed by atoms with van der Waals surface area (Å²) in [5.41, 5.74) is 7.36. The number of hydrogen-bond donors (Lipinski definition) is 1. The molecule has 0 bridgehead atoms. The Balaban J connectivity index is 2.60. The van der Waals surface area contributed by atoms with Gasteiger partial charge in [0.25, 0.3) is 0 Å². The van der Waals surface area contributed by atoms with E-state index in [0.717, 1.165) is 5.56 Å². The van der Waals surface area contributed by atoms with E-state index in [1.807, 2.05) is 6.92 Å². The zero-order valence-electron chi connectivity index (χ0n) is 11.9. The number of esters is 1. The third-order valence-corrected chi connectivity index (χ3v) is 3.64. The Morgan fingerprint density at radius 1 is 1.48 bits per heavy atom. The monoisotopic (exact) mass is 355 g/mol. The molecule has 0 spiro atoms. The van der Waals surface area contributed by atoms with Crippen molar-refractivity contribution in [2.24, 2.45) is 0 Å². The van der Waals surface area contributed by atoms with Crippen LogP contribution < -0.4 is 5.73 Å². The van der Waals surface area contributed by atoms with Gasteiger partial charge in [-0.25, -0.2) is 14.2 Å². The standard InChI is InChI=1S/C14H15BrFN3O2/c1-4-21-14(20)12-13(17)19(8(3)18-12)11-6-10(16)9(15)5-7(11)2/h5-6H,4,17H2,1-3H3. The van der Waals surface area contributed by atoms with Crippen LogP contribution in [0.4, 0.5) is 10.2 Å². The largest absolute Gasteiger partial charge is 0.461 e. The summed E-state index contributed by atoms with van der Waals surface area (Å²) < 4.78 is 20.6. The number of halogens is 2. The molecule has 0 saturated heterocycles. The van der Waals surface area contributed by atoms with Gasteiger partial charge in [0.15, 0.2) is 5.69 Å². The number of ether oxygens (including phenoxy) is 1. The van der Waals surface area contributed by atoms with E-state index in [2.05, 4.69) is 20.9 Å². The molecule has 0 amide bonds. The Hall–Kier alpha value is -1.89. The molecule has 21 heavy (non-hydrogen) atoms. The minimum absolute atomic E-state index is 0.0390. The van der Waals surface area contributed by atoms with E-state index in [1.165, 1.54) is 10.6 Å². The Kier molecular flexibility index (Phi) is 4.32. The number of imidazole rings is 1. The number of hydrogen-bond acceptors (Lipinski definition) is 4. The molecule has 0 saturated carbocycles. The van der Waals surface area contributed by atoms with Crippen LogP contribution in [0.25, 0.3) is 5.69 Å². The third kappa shape index (κ3) is 2.78.